The first-order valence-corrected chi connectivity index (χ1v) is 7.50. The van der Waals surface area contributed by atoms with E-state index in [1.165, 1.54) is 11.3 Å². The Hall–Kier alpha value is -1.60. The van der Waals surface area contributed by atoms with Crippen LogP contribution in [-0.4, -0.2) is 18.0 Å². The number of hydrogen-bond donors (Lipinski definition) is 2. The molecule has 0 saturated carbocycles. The number of aromatic nitrogens is 1. The molecule has 2 aromatic rings. The molecule has 1 aromatic heterocycles. The van der Waals surface area contributed by atoms with E-state index >= 15 is 0 Å². The summed E-state index contributed by atoms with van der Waals surface area (Å²) in [4.78, 5) is 16.1. The lowest BCUT2D eigenvalue weighted by Crippen LogP contribution is -2.16. The largest absolute Gasteiger partial charge is 0.495 e. The van der Waals surface area contributed by atoms with E-state index in [0.717, 1.165) is 10.0 Å². The van der Waals surface area contributed by atoms with Crippen molar-refractivity contribution in [3.05, 3.63) is 33.2 Å². The number of rotatable bonds is 4. The minimum atomic E-state index is -0.154. The molecule has 0 atom stereocenters. The Morgan fingerprint density at radius 3 is 2.90 bits per heavy atom. The van der Waals surface area contributed by atoms with E-state index in [1.807, 2.05) is 19.1 Å². The first-order valence-electron chi connectivity index (χ1n) is 5.83. The third kappa shape index (κ3) is 3.49. The third-order valence-corrected chi connectivity index (χ3v) is 3.84. The quantitative estimate of drug-likeness (QED) is 0.883. The summed E-state index contributed by atoms with van der Waals surface area (Å²) in [7, 11) is 1.57. The lowest BCUT2D eigenvalue weighted by molar-refractivity contribution is -0.115. The number of halogens is 1. The van der Waals surface area contributed by atoms with Gasteiger partial charge in [-0.2, -0.15) is 0 Å². The zero-order valence-electron chi connectivity index (χ0n) is 11.1. The molecule has 106 valence electrons. The van der Waals surface area contributed by atoms with Crippen LogP contribution in [0.3, 0.4) is 0 Å². The van der Waals surface area contributed by atoms with E-state index < -0.39 is 0 Å². The highest BCUT2D eigenvalue weighted by molar-refractivity contribution is 9.10. The van der Waals surface area contributed by atoms with Gasteiger partial charge in [0, 0.05) is 9.85 Å². The van der Waals surface area contributed by atoms with Gasteiger partial charge < -0.3 is 15.8 Å². The molecule has 0 aliphatic rings. The van der Waals surface area contributed by atoms with Crippen LogP contribution in [0.5, 0.6) is 5.75 Å². The van der Waals surface area contributed by atoms with Gasteiger partial charge in [-0.25, -0.2) is 4.98 Å². The molecule has 1 heterocycles. The van der Waals surface area contributed by atoms with Gasteiger partial charge >= 0.3 is 0 Å². The predicted octanol–water partition coefficient (Wildman–Crippen LogP) is 2.99. The Morgan fingerprint density at radius 2 is 2.30 bits per heavy atom. The standard InChI is InChI=1S/C13H14BrN3O2S/c1-7-3-8(14)4-10(19-2)12(7)17-11(18)5-9-6-20-13(15)16-9/h3-4,6H,5H2,1-2H3,(H2,15,16)(H,17,18). The average molecular weight is 356 g/mol. The number of anilines is 2. The monoisotopic (exact) mass is 355 g/mol. The van der Waals surface area contributed by atoms with Crippen LogP contribution in [0.15, 0.2) is 22.0 Å². The van der Waals surface area contributed by atoms with E-state index in [9.17, 15) is 4.79 Å². The van der Waals surface area contributed by atoms with Gasteiger partial charge in [0.15, 0.2) is 5.13 Å². The number of thiazole rings is 1. The van der Waals surface area contributed by atoms with Crippen molar-refractivity contribution in [3.63, 3.8) is 0 Å². The van der Waals surface area contributed by atoms with E-state index in [2.05, 4.69) is 26.2 Å². The highest BCUT2D eigenvalue weighted by atomic mass is 79.9. The molecular weight excluding hydrogens is 342 g/mol. The Bertz CT molecular complexity index is 643. The minimum absolute atomic E-state index is 0.154. The summed E-state index contributed by atoms with van der Waals surface area (Å²) in [5.41, 5.74) is 7.80. The number of amides is 1. The average Bonchev–Trinajstić information content (AvgIpc) is 2.77. The van der Waals surface area contributed by atoms with Gasteiger partial charge in [-0.3, -0.25) is 4.79 Å². The summed E-state index contributed by atoms with van der Waals surface area (Å²) >= 11 is 4.72. The van der Waals surface area contributed by atoms with Gasteiger partial charge in [-0.1, -0.05) is 15.9 Å². The van der Waals surface area contributed by atoms with Crippen LogP contribution in [0, 0.1) is 6.92 Å². The molecular formula is C13H14BrN3O2S. The summed E-state index contributed by atoms with van der Waals surface area (Å²) in [6, 6.07) is 3.72. The van der Waals surface area contributed by atoms with Crippen molar-refractivity contribution in [2.75, 3.05) is 18.2 Å². The fraction of sp³-hybridized carbons (Fsp3) is 0.231. The molecule has 0 aliphatic carbocycles. The normalized spacial score (nSPS) is 10.3. The van der Waals surface area contributed by atoms with Crippen LogP contribution in [0.25, 0.3) is 0 Å². The summed E-state index contributed by atoms with van der Waals surface area (Å²) in [6.07, 6.45) is 0.187. The van der Waals surface area contributed by atoms with Crippen molar-refractivity contribution in [2.45, 2.75) is 13.3 Å². The Balaban J connectivity index is 2.15. The van der Waals surface area contributed by atoms with Crippen LogP contribution >= 0.6 is 27.3 Å². The second kappa shape index (κ2) is 6.23. The molecule has 0 unspecified atom stereocenters. The zero-order valence-corrected chi connectivity index (χ0v) is 13.5. The second-order valence-electron chi connectivity index (χ2n) is 4.20. The number of nitrogens with zero attached hydrogens (tertiary/aromatic N) is 1. The number of hydrogen-bond acceptors (Lipinski definition) is 5. The first-order chi connectivity index (χ1) is 9.49. The Morgan fingerprint density at radius 1 is 1.55 bits per heavy atom. The fourth-order valence-corrected chi connectivity index (χ4v) is 2.90. The van der Waals surface area contributed by atoms with Crippen molar-refractivity contribution in [1.29, 1.82) is 0 Å². The van der Waals surface area contributed by atoms with Crippen molar-refractivity contribution in [3.8, 4) is 5.75 Å². The molecule has 0 fully saturated rings. The number of ether oxygens (including phenoxy) is 1. The van der Waals surface area contributed by atoms with Crippen LogP contribution in [0.2, 0.25) is 0 Å². The Labute approximate surface area is 129 Å². The van der Waals surface area contributed by atoms with E-state index in [0.29, 0.717) is 22.3 Å². The number of nitrogens with two attached hydrogens (primary N) is 1. The van der Waals surface area contributed by atoms with Gasteiger partial charge in [0.05, 0.1) is 24.9 Å². The maximum absolute atomic E-state index is 12.0. The van der Waals surface area contributed by atoms with Crippen LogP contribution in [-0.2, 0) is 11.2 Å². The fourth-order valence-electron chi connectivity index (χ4n) is 1.79. The molecule has 0 spiro atoms. The number of nitrogen functional groups attached to an aromatic ring is 1. The van der Waals surface area contributed by atoms with Crippen LogP contribution < -0.4 is 15.8 Å². The minimum Gasteiger partial charge on any atom is -0.495 e. The zero-order chi connectivity index (χ0) is 14.7. The highest BCUT2D eigenvalue weighted by Gasteiger charge is 2.13. The molecule has 5 nitrogen and oxygen atoms in total. The van der Waals surface area contributed by atoms with Crippen molar-refractivity contribution in [1.82, 2.24) is 4.98 Å². The van der Waals surface area contributed by atoms with E-state index in [4.69, 9.17) is 10.5 Å². The molecule has 1 amide bonds. The molecule has 0 aliphatic heterocycles. The van der Waals surface area contributed by atoms with Crippen LogP contribution in [0.1, 0.15) is 11.3 Å². The number of methoxy groups -OCH3 is 1. The van der Waals surface area contributed by atoms with E-state index in [1.54, 1.807) is 12.5 Å². The molecule has 0 radical (unpaired) electrons. The Kier molecular flexibility index (Phi) is 4.61. The maximum atomic E-state index is 12.0. The molecule has 3 N–H and O–H groups in total. The SMILES string of the molecule is COc1cc(Br)cc(C)c1NC(=O)Cc1csc(N)n1. The van der Waals surface area contributed by atoms with E-state index in [-0.39, 0.29) is 12.3 Å². The summed E-state index contributed by atoms with van der Waals surface area (Å²) in [5, 5.41) is 5.10. The van der Waals surface area contributed by atoms with Gasteiger partial charge in [-0.15, -0.1) is 11.3 Å². The van der Waals surface area contributed by atoms with Gasteiger partial charge in [0.1, 0.15) is 5.75 Å². The molecule has 7 heteroatoms. The summed E-state index contributed by atoms with van der Waals surface area (Å²) in [5.74, 6) is 0.460. The van der Waals surface area contributed by atoms with Crippen molar-refractivity contribution < 1.29 is 9.53 Å². The number of carbonyl (C=O) groups is 1. The second-order valence-corrected chi connectivity index (χ2v) is 6.01. The number of nitrogens with one attached hydrogen (secondary N) is 1. The summed E-state index contributed by atoms with van der Waals surface area (Å²) < 4.78 is 6.18. The highest BCUT2D eigenvalue weighted by Crippen LogP contribution is 2.32. The third-order valence-electron chi connectivity index (χ3n) is 2.66. The number of aryl methyl sites for hydroxylation is 1. The van der Waals surface area contributed by atoms with Crippen molar-refractivity contribution in [2.24, 2.45) is 0 Å². The molecule has 2 rings (SSSR count). The lowest BCUT2D eigenvalue weighted by Gasteiger charge is -2.13. The molecule has 1 aromatic carbocycles. The number of carbonyl (C=O) groups excluding carboxylic acids is 1. The smallest absolute Gasteiger partial charge is 0.230 e. The maximum Gasteiger partial charge on any atom is 0.230 e. The van der Waals surface area contributed by atoms with Gasteiger partial charge in [0.25, 0.3) is 0 Å². The number of benzene rings is 1. The topological polar surface area (TPSA) is 77.2 Å². The van der Waals surface area contributed by atoms with Gasteiger partial charge in [0.2, 0.25) is 5.91 Å². The molecule has 0 bridgehead atoms. The van der Waals surface area contributed by atoms with Crippen molar-refractivity contribution >= 4 is 44.0 Å². The predicted molar refractivity (Wildman–Crippen MR) is 84.3 cm³/mol. The molecule has 0 saturated heterocycles. The van der Waals surface area contributed by atoms with Gasteiger partial charge in [-0.05, 0) is 24.6 Å². The first kappa shape index (κ1) is 14.8. The lowest BCUT2D eigenvalue weighted by atomic mass is 10.1. The molecule has 20 heavy (non-hydrogen) atoms. The summed E-state index contributed by atoms with van der Waals surface area (Å²) in [6.45, 7) is 1.91. The van der Waals surface area contributed by atoms with Crippen LogP contribution in [0.4, 0.5) is 10.8 Å².